The summed E-state index contributed by atoms with van der Waals surface area (Å²) in [5, 5.41) is 12.0. The molecule has 1 aromatic heterocycles. The van der Waals surface area contributed by atoms with E-state index in [9.17, 15) is 4.79 Å². The summed E-state index contributed by atoms with van der Waals surface area (Å²) in [6.07, 6.45) is -0.624. The summed E-state index contributed by atoms with van der Waals surface area (Å²) in [4.78, 5) is 12.2. The summed E-state index contributed by atoms with van der Waals surface area (Å²) in [7, 11) is 0. The normalized spacial score (nSPS) is 11.7. The van der Waals surface area contributed by atoms with Crippen LogP contribution in [0.15, 0.2) is 60.7 Å². The van der Waals surface area contributed by atoms with Gasteiger partial charge in [-0.2, -0.15) is 0 Å². The van der Waals surface area contributed by atoms with Gasteiger partial charge < -0.3 is 4.74 Å². The highest BCUT2D eigenvalue weighted by Gasteiger charge is 2.17. The number of rotatable bonds is 5. The van der Waals surface area contributed by atoms with Gasteiger partial charge >= 0.3 is 0 Å². The standard InChI is InChI=1S/C17H15N3O2S/c1-12(22-14-10-6-3-7-11-14)15(21)18-17-20-19-16(23-17)13-8-4-2-5-9-13/h2-12H,1H3,(H,18,20,21)/t12-/m0/s1. The number of hydrogen-bond acceptors (Lipinski definition) is 5. The first-order chi connectivity index (χ1) is 11.2. The van der Waals surface area contributed by atoms with Crippen molar-refractivity contribution < 1.29 is 9.53 Å². The highest BCUT2D eigenvalue weighted by Crippen LogP contribution is 2.26. The lowest BCUT2D eigenvalue weighted by molar-refractivity contribution is -0.122. The van der Waals surface area contributed by atoms with E-state index in [-0.39, 0.29) is 5.91 Å². The summed E-state index contributed by atoms with van der Waals surface area (Å²) in [5.41, 5.74) is 0.971. The van der Waals surface area contributed by atoms with E-state index in [4.69, 9.17) is 4.74 Å². The van der Waals surface area contributed by atoms with Gasteiger partial charge in [0.1, 0.15) is 10.8 Å². The first kappa shape index (κ1) is 15.2. The topological polar surface area (TPSA) is 64.1 Å². The van der Waals surface area contributed by atoms with Crippen LogP contribution in [0.1, 0.15) is 6.92 Å². The third-order valence-corrected chi connectivity index (χ3v) is 3.99. The summed E-state index contributed by atoms with van der Waals surface area (Å²) in [5.74, 6) is 0.391. The molecular formula is C17H15N3O2S. The van der Waals surface area contributed by atoms with Crippen LogP contribution < -0.4 is 10.1 Å². The third-order valence-electron chi connectivity index (χ3n) is 3.10. The number of nitrogens with one attached hydrogen (secondary N) is 1. The van der Waals surface area contributed by atoms with Crippen LogP contribution in [0.4, 0.5) is 5.13 Å². The van der Waals surface area contributed by atoms with E-state index in [0.717, 1.165) is 10.6 Å². The zero-order valence-corrected chi connectivity index (χ0v) is 13.3. The predicted molar refractivity (Wildman–Crippen MR) is 90.5 cm³/mol. The maximum Gasteiger partial charge on any atom is 0.266 e. The molecule has 0 bridgehead atoms. The van der Waals surface area contributed by atoms with Gasteiger partial charge in [-0.15, -0.1) is 10.2 Å². The number of anilines is 1. The van der Waals surface area contributed by atoms with Crippen molar-refractivity contribution in [2.75, 3.05) is 5.32 Å². The van der Waals surface area contributed by atoms with E-state index in [1.807, 2.05) is 60.7 Å². The van der Waals surface area contributed by atoms with Crippen molar-refractivity contribution in [2.45, 2.75) is 13.0 Å². The second-order valence-corrected chi connectivity index (χ2v) is 5.82. The number of carbonyl (C=O) groups excluding carboxylic acids is 1. The molecule has 116 valence electrons. The van der Waals surface area contributed by atoms with E-state index in [0.29, 0.717) is 10.9 Å². The molecule has 3 rings (SSSR count). The molecule has 1 N–H and O–H groups in total. The van der Waals surface area contributed by atoms with Crippen LogP contribution in [-0.4, -0.2) is 22.2 Å². The molecule has 6 heteroatoms. The quantitative estimate of drug-likeness (QED) is 0.778. The van der Waals surface area contributed by atoms with Gasteiger partial charge in [0.2, 0.25) is 5.13 Å². The Morgan fingerprint density at radius 2 is 1.70 bits per heavy atom. The SMILES string of the molecule is C[C@H](Oc1ccccc1)C(=O)Nc1nnc(-c2ccccc2)s1. The molecule has 0 saturated carbocycles. The molecule has 0 aliphatic rings. The Morgan fingerprint density at radius 3 is 2.39 bits per heavy atom. The molecule has 23 heavy (non-hydrogen) atoms. The molecule has 0 unspecified atom stereocenters. The van der Waals surface area contributed by atoms with Crippen molar-refractivity contribution in [3.05, 3.63) is 60.7 Å². The van der Waals surface area contributed by atoms with Gasteiger partial charge in [-0.1, -0.05) is 59.9 Å². The second kappa shape index (κ2) is 7.02. The van der Waals surface area contributed by atoms with E-state index in [1.165, 1.54) is 11.3 Å². The van der Waals surface area contributed by atoms with Crippen LogP contribution in [0.5, 0.6) is 5.75 Å². The Hall–Kier alpha value is -2.73. The molecule has 0 aliphatic carbocycles. The second-order valence-electron chi connectivity index (χ2n) is 4.84. The van der Waals surface area contributed by atoms with Crippen molar-refractivity contribution in [3.63, 3.8) is 0 Å². The Labute approximate surface area is 138 Å². The minimum Gasteiger partial charge on any atom is -0.481 e. The molecule has 2 aromatic carbocycles. The van der Waals surface area contributed by atoms with E-state index >= 15 is 0 Å². The minimum atomic E-state index is -0.624. The summed E-state index contributed by atoms with van der Waals surface area (Å²) < 4.78 is 5.58. The van der Waals surface area contributed by atoms with Gasteiger partial charge in [0.25, 0.3) is 5.91 Å². The lowest BCUT2D eigenvalue weighted by Gasteiger charge is -2.13. The van der Waals surface area contributed by atoms with Crippen LogP contribution >= 0.6 is 11.3 Å². The maximum atomic E-state index is 12.2. The number of amides is 1. The molecule has 0 aliphatic heterocycles. The maximum absolute atomic E-state index is 12.2. The van der Waals surface area contributed by atoms with Crippen LogP contribution in [0.25, 0.3) is 10.6 Å². The number of aromatic nitrogens is 2. The third kappa shape index (κ3) is 3.92. The van der Waals surface area contributed by atoms with Crippen molar-refractivity contribution in [1.29, 1.82) is 0 Å². The molecule has 0 spiro atoms. The van der Waals surface area contributed by atoms with E-state index in [1.54, 1.807) is 6.92 Å². The van der Waals surface area contributed by atoms with Gasteiger partial charge in [-0.05, 0) is 19.1 Å². The minimum absolute atomic E-state index is 0.260. The smallest absolute Gasteiger partial charge is 0.266 e. The van der Waals surface area contributed by atoms with Crippen LogP contribution in [0.2, 0.25) is 0 Å². The number of benzene rings is 2. The first-order valence-corrected chi connectivity index (χ1v) is 7.95. The fourth-order valence-corrected chi connectivity index (χ4v) is 2.69. The van der Waals surface area contributed by atoms with Gasteiger partial charge in [0.05, 0.1) is 0 Å². The molecule has 1 heterocycles. The molecule has 0 fully saturated rings. The molecular weight excluding hydrogens is 310 g/mol. The Morgan fingerprint density at radius 1 is 1.04 bits per heavy atom. The Kier molecular flexibility index (Phi) is 4.63. The molecule has 0 saturated heterocycles. The molecule has 5 nitrogen and oxygen atoms in total. The first-order valence-electron chi connectivity index (χ1n) is 7.14. The lowest BCUT2D eigenvalue weighted by Crippen LogP contribution is -2.30. The van der Waals surface area contributed by atoms with Gasteiger partial charge in [0.15, 0.2) is 6.10 Å². The number of para-hydroxylation sites is 1. The van der Waals surface area contributed by atoms with Gasteiger partial charge in [-0.3, -0.25) is 10.1 Å². The van der Waals surface area contributed by atoms with Crippen LogP contribution in [-0.2, 0) is 4.79 Å². The van der Waals surface area contributed by atoms with Crippen molar-refractivity contribution in [1.82, 2.24) is 10.2 Å². The van der Waals surface area contributed by atoms with Crippen LogP contribution in [0, 0.1) is 0 Å². The summed E-state index contributed by atoms with van der Waals surface area (Å²) in [6.45, 7) is 1.70. The molecule has 0 radical (unpaired) electrons. The van der Waals surface area contributed by atoms with Gasteiger partial charge in [0, 0.05) is 5.56 Å². The fourth-order valence-electron chi connectivity index (χ4n) is 1.93. The van der Waals surface area contributed by atoms with E-state index < -0.39 is 6.10 Å². The lowest BCUT2D eigenvalue weighted by atomic mass is 10.2. The van der Waals surface area contributed by atoms with Crippen LogP contribution in [0.3, 0.4) is 0 Å². The fraction of sp³-hybridized carbons (Fsp3) is 0.118. The Balaban J connectivity index is 1.63. The zero-order chi connectivity index (χ0) is 16.1. The average molecular weight is 325 g/mol. The molecule has 3 aromatic rings. The highest BCUT2D eigenvalue weighted by molar-refractivity contribution is 7.18. The summed E-state index contributed by atoms with van der Waals surface area (Å²) in [6, 6.07) is 18.9. The van der Waals surface area contributed by atoms with E-state index in [2.05, 4.69) is 15.5 Å². The summed E-state index contributed by atoms with van der Waals surface area (Å²) >= 11 is 1.33. The van der Waals surface area contributed by atoms with Crippen molar-refractivity contribution in [3.8, 4) is 16.3 Å². The largest absolute Gasteiger partial charge is 0.481 e. The predicted octanol–water partition coefficient (Wildman–Crippen LogP) is 3.61. The van der Waals surface area contributed by atoms with Crippen molar-refractivity contribution >= 4 is 22.4 Å². The molecule has 1 atom stereocenters. The molecule has 1 amide bonds. The number of hydrogen-bond donors (Lipinski definition) is 1. The van der Waals surface area contributed by atoms with Gasteiger partial charge in [-0.25, -0.2) is 0 Å². The van der Waals surface area contributed by atoms with Crippen molar-refractivity contribution in [2.24, 2.45) is 0 Å². The average Bonchev–Trinajstić information content (AvgIpc) is 3.05. The monoisotopic (exact) mass is 325 g/mol. The highest BCUT2D eigenvalue weighted by atomic mass is 32.1. The number of carbonyl (C=O) groups is 1. The number of ether oxygens (including phenoxy) is 1. The zero-order valence-electron chi connectivity index (χ0n) is 12.5. The number of nitrogens with zero attached hydrogens (tertiary/aromatic N) is 2. The Bertz CT molecular complexity index is 775.